The van der Waals surface area contributed by atoms with Crippen molar-refractivity contribution in [1.29, 1.82) is 0 Å². The Morgan fingerprint density at radius 2 is 1.95 bits per heavy atom. The van der Waals surface area contributed by atoms with Crippen LogP contribution in [0.3, 0.4) is 0 Å². The smallest absolute Gasteiger partial charge is 0.170 e. The van der Waals surface area contributed by atoms with Gasteiger partial charge in [-0.05, 0) is 37.7 Å². The van der Waals surface area contributed by atoms with Crippen LogP contribution < -0.4 is 10.5 Å². The molecule has 0 atom stereocenters. The molecule has 1 aromatic carbocycles. The predicted octanol–water partition coefficient (Wildman–Crippen LogP) is 1.13. The fourth-order valence-corrected chi connectivity index (χ4v) is 1.69. The summed E-state index contributed by atoms with van der Waals surface area (Å²) < 4.78 is 10.6. The summed E-state index contributed by atoms with van der Waals surface area (Å²) in [5, 5.41) is 11.5. The van der Waals surface area contributed by atoms with Crippen LogP contribution in [0.4, 0.5) is 0 Å². The molecule has 20 heavy (non-hydrogen) atoms. The number of hydrogen-bond donors (Lipinski definition) is 2. The molecule has 0 aliphatic rings. The highest BCUT2D eigenvalue weighted by Gasteiger charge is 2.01. The van der Waals surface area contributed by atoms with Crippen molar-refractivity contribution in [2.45, 2.75) is 6.42 Å². The predicted molar refractivity (Wildman–Crippen MR) is 78.4 cm³/mol. The molecule has 3 N–H and O–H groups in total. The lowest BCUT2D eigenvalue weighted by Crippen LogP contribution is -2.26. The Bertz CT molecular complexity index is 407. The van der Waals surface area contributed by atoms with E-state index in [1.54, 1.807) is 31.4 Å². The summed E-state index contributed by atoms with van der Waals surface area (Å²) in [6.45, 7) is 3.23. The fourth-order valence-electron chi connectivity index (χ4n) is 1.69. The lowest BCUT2D eigenvalue weighted by atomic mass is 10.2. The van der Waals surface area contributed by atoms with Gasteiger partial charge in [-0.15, -0.1) is 0 Å². The van der Waals surface area contributed by atoms with Crippen LogP contribution in [0.15, 0.2) is 29.4 Å². The molecule has 0 saturated carbocycles. The van der Waals surface area contributed by atoms with Gasteiger partial charge in [0.05, 0.1) is 0 Å². The number of amidine groups is 1. The van der Waals surface area contributed by atoms with Crippen LogP contribution in [0.2, 0.25) is 0 Å². The largest absolute Gasteiger partial charge is 0.492 e. The Balaban J connectivity index is 2.28. The van der Waals surface area contributed by atoms with Gasteiger partial charge in [-0.1, -0.05) is 5.16 Å². The number of rotatable bonds is 9. The van der Waals surface area contributed by atoms with Gasteiger partial charge in [-0.3, -0.25) is 0 Å². The molecule has 0 spiro atoms. The van der Waals surface area contributed by atoms with Gasteiger partial charge in [-0.2, -0.15) is 0 Å². The van der Waals surface area contributed by atoms with Crippen LogP contribution in [0.1, 0.15) is 12.0 Å². The number of hydrogen-bond acceptors (Lipinski definition) is 5. The monoisotopic (exact) mass is 281 g/mol. The molecule has 6 heteroatoms. The third-order valence-electron chi connectivity index (χ3n) is 2.89. The number of benzene rings is 1. The molecule has 0 aliphatic heterocycles. The van der Waals surface area contributed by atoms with Crippen molar-refractivity contribution >= 4 is 5.84 Å². The lowest BCUT2D eigenvalue weighted by Gasteiger charge is -2.16. The second kappa shape index (κ2) is 9.17. The van der Waals surface area contributed by atoms with Crippen molar-refractivity contribution in [2.24, 2.45) is 10.9 Å². The molecule has 1 rings (SSSR count). The van der Waals surface area contributed by atoms with Crippen LogP contribution in [0.25, 0.3) is 0 Å². The highest BCUT2D eigenvalue weighted by atomic mass is 16.5. The summed E-state index contributed by atoms with van der Waals surface area (Å²) in [7, 11) is 3.77. The lowest BCUT2D eigenvalue weighted by molar-refractivity contribution is 0.172. The molecule has 1 aromatic rings. The molecule has 6 nitrogen and oxygen atoms in total. The Labute approximate surface area is 119 Å². The van der Waals surface area contributed by atoms with Crippen molar-refractivity contribution in [1.82, 2.24) is 4.90 Å². The minimum absolute atomic E-state index is 0.0921. The van der Waals surface area contributed by atoms with E-state index in [-0.39, 0.29) is 5.84 Å². The summed E-state index contributed by atoms with van der Waals surface area (Å²) in [6.07, 6.45) is 1.02. The van der Waals surface area contributed by atoms with Gasteiger partial charge in [0, 0.05) is 32.4 Å². The maximum Gasteiger partial charge on any atom is 0.170 e. The SMILES string of the molecule is COCCCN(C)CCOc1ccc(C(N)=NO)cc1. The second-order valence-corrected chi connectivity index (χ2v) is 4.51. The first-order valence-electron chi connectivity index (χ1n) is 6.55. The van der Waals surface area contributed by atoms with Gasteiger partial charge in [0.1, 0.15) is 12.4 Å². The van der Waals surface area contributed by atoms with Crippen molar-refractivity contribution in [2.75, 3.05) is 40.5 Å². The zero-order chi connectivity index (χ0) is 14.8. The molecular formula is C14H23N3O3. The maximum absolute atomic E-state index is 8.57. The first-order valence-corrected chi connectivity index (χ1v) is 6.55. The average Bonchev–Trinajstić information content (AvgIpc) is 2.47. The number of methoxy groups -OCH3 is 1. The minimum Gasteiger partial charge on any atom is -0.492 e. The molecule has 0 saturated heterocycles. The zero-order valence-electron chi connectivity index (χ0n) is 12.1. The number of oxime groups is 1. The standard InChI is InChI=1S/C14H23N3O3/c1-17(8-3-10-19-2)9-11-20-13-6-4-12(5-7-13)14(15)16-18/h4-7,18H,3,8-11H2,1-2H3,(H2,15,16). The summed E-state index contributed by atoms with van der Waals surface area (Å²) in [5.74, 6) is 0.860. The van der Waals surface area contributed by atoms with Crippen molar-refractivity contribution in [3.63, 3.8) is 0 Å². The number of ether oxygens (including phenoxy) is 2. The maximum atomic E-state index is 8.57. The van der Waals surface area contributed by atoms with E-state index >= 15 is 0 Å². The Hall–Kier alpha value is -1.79. The van der Waals surface area contributed by atoms with Gasteiger partial charge >= 0.3 is 0 Å². The summed E-state index contributed by atoms with van der Waals surface area (Å²) >= 11 is 0. The van der Waals surface area contributed by atoms with Crippen LogP contribution in [-0.2, 0) is 4.74 Å². The van der Waals surface area contributed by atoms with E-state index in [1.165, 1.54) is 0 Å². The normalized spacial score (nSPS) is 11.8. The van der Waals surface area contributed by atoms with E-state index in [1.807, 2.05) is 0 Å². The molecule has 0 heterocycles. The Morgan fingerprint density at radius 3 is 2.55 bits per heavy atom. The number of nitrogens with two attached hydrogens (primary N) is 1. The van der Waals surface area contributed by atoms with Crippen LogP contribution >= 0.6 is 0 Å². The highest BCUT2D eigenvalue weighted by Crippen LogP contribution is 2.11. The van der Waals surface area contributed by atoms with Crippen molar-refractivity contribution in [3.8, 4) is 5.75 Å². The number of nitrogens with zero attached hydrogens (tertiary/aromatic N) is 2. The van der Waals surface area contributed by atoms with E-state index < -0.39 is 0 Å². The third-order valence-corrected chi connectivity index (χ3v) is 2.89. The van der Waals surface area contributed by atoms with Crippen molar-refractivity contribution in [3.05, 3.63) is 29.8 Å². The van der Waals surface area contributed by atoms with Gasteiger partial charge in [0.15, 0.2) is 5.84 Å². The zero-order valence-corrected chi connectivity index (χ0v) is 12.1. The highest BCUT2D eigenvalue weighted by molar-refractivity contribution is 5.97. The van der Waals surface area contributed by atoms with Gasteiger partial charge in [0.25, 0.3) is 0 Å². The van der Waals surface area contributed by atoms with E-state index in [2.05, 4.69) is 17.1 Å². The van der Waals surface area contributed by atoms with E-state index in [9.17, 15) is 0 Å². The van der Waals surface area contributed by atoms with Crippen molar-refractivity contribution < 1.29 is 14.7 Å². The molecule has 0 fully saturated rings. The Morgan fingerprint density at radius 1 is 1.25 bits per heavy atom. The van der Waals surface area contributed by atoms with Gasteiger partial charge < -0.3 is 25.3 Å². The van der Waals surface area contributed by atoms with Crippen LogP contribution in [0, 0.1) is 0 Å². The topological polar surface area (TPSA) is 80.3 Å². The first kappa shape index (κ1) is 16.3. The average molecular weight is 281 g/mol. The Kier molecular flexibility index (Phi) is 7.46. The molecule has 0 aliphatic carbocycles. The summed E-state index contributed by atoms with van der Waals surface area (Å²) in [5.41, 5.74) is 6.15. The second-order valence-electron chi connectivity index (χ2n) is 4.51. The molecule has 0 bridgehead atoms. The number of likely N-dealkylation sites (N-methyl/N-ethyl adjacent to an activating group) is 1. The first-order chi connectivity index (χ1) is 9.67. The molecular weight excluding hydrogens is 258 g/mol. The van der Waals surface area contributed by atoms with E-state index in [4.69, 9.17) is 20.4 Å². The van der Waals surface area contributed by atoms with Gasteiger partial charge in [-0.25, -0.2) is 0 Å². The van der Waals surface area contributed by atoms with Crippen LogP contribution in [0.5, 0.6) is 5.75 Å². The molecule has 112 valence electrons. The molecule has 0 aromatic heterocycles. The molecule has 0 unspecified atom stereocenters. The summed E-state index contributed by atoms with van der Waals surface area (Å²) in [4.78, 5) is 2.20. The van der Waals surface area contributed by atoms with Crippen LogP contribution in [-0.4, -0.2) is 56.4 Å². The fraction of sp³-hybridized carbons (Fsp3) is 0.500. The molecule has 0 radical (unpaired) electrons. The van der Waals surface area contributed by atoms with Gasteiger partial charge in [0.2, 0.25) is 0 Å². The molecule has 0 amide bonds. The third kappa shape index (κ3) is 5.90. The quantitative estimate of drug-likeness (QED) is 0.233. The minimum atomic E-state index is 0.0921. The summed E-state index contributed by atoms with van der Waals surface area (Å²) in [6, 6.07) is 7.12. The van der Waals surface area contributed by atoms with E-state index in [0.717, 1.165) is 31.9 Å². The van der Waals surface area contributed by atoms with E-state index in [0.29, 0.717) is 12.2 Å².